The summed E-state index contributed by atoms with van der Waals surface area (Å²) < 4.78 is 8.87. The average molecular weight is 547 g/mol. The zero-order chi connectivity index (χ0) is 28.3. The molecule has 1 fully saturated rings. The Morgan fingerprint density at radius 1 is 0.976 bits per heavy atom. The quantitative estimate of drug-likeness (QED) is 0.239. The highest BCUT2D eigenvalue weighted by molar-refractivity contribution is 6.01. The van der Waals surface area contributed by atoms with Crippen LogP contribution in [0.1, 0.15) is 25.7 Å². The molecule has 1 saturated carbocycles. The minimum atomic E-state index is -0.366. The molecule has 0 bridgehead atoms. The predicted octanol–water partition coefficient (Wildman–Crippen LogP) is 5.66. The molecule has 2 aromatic heterocycles. The molecule has 9 nitrogen and oxygen atoms in total. The van der Waals surface area contributed by atoms with Gasteiger partial charge in [0.15, 0.2) is 11.5 Å². The summed E-state index contributed by atoms with van der Waals surface area (Å²) in [6.45, 7) is 0. The molecule has 2 heterocycles. The fourth-order valence-corrected chi connectivity index (χ4v) is 4.81. The highest BCUT2D eigenvalue weighted by atomic mass is 16.5. The molecule has 206 valence electrons. The van der Waals surface area contributed by atoms with Crippen molar-refractivity contribution in [3.05, 3.63) is 108 Å². The Hall–Kier alpha value is -5.18. The first-order chi connectivity index (χ1) is 20.0. The molecule has 2 N–H and O–H groups in total. The maximum atomic E-state index is 13.9. The molecule has 0 saturated heterocycles. The Morgan fingerprint density at radius 2 is 1.73 bits per heavy atom. The van der Waals surface area contributed by atoms with Crippen LogP contribution >= 0.6 is 0 Å². The lowest BCUT2D eigenvalue weighted by Gasteiger charge is -2.16. The van der Waals surface area contributed by atoms with E-state index in [0.29, 0.717) is 39.7 Å². The van der Waals surface area contributed by atoms with Gasteiger partial charge in [-0.2, -0.15) is 0 Å². The number of hydrogen-bond donors (Lipinski definition) is 1. The molecule has 3 aromatic carbocycles. The van der Waals surface area contributed by atoms with Gasteiger partial charge in [0.1, 0.15) is 23.3 Å². The lowest BCUT2D eigenvalue weighted by atomic mass is 10.2. The van der Waals surface area contributed by atoms with Crippen molar-refractivity contribution in [1.82, 2.24) is 19.1 Å². The number of rotatable bonds is 9. The van der Waals surface area contributed by atoms with E-state index in [9.17, 15) is 9.59 Å². The van der Waals surface area contributed by atoms with Gasteiger partial charge in [0.2, 0.25) is 5.91 Å². The molecule has 9 heteroatoms. The fraction of sp³-hybridized carbons (Fsp3) is 0.188. The predicted molar refractivity (Wildman–Crippen MR) is 160 cm³/mol. The second-order valence-electron chi connectivity index (χ2n) is 10.1. The van der Waals surface area contributed by atoms with Crippen LogP contribution in [0.4, 0.5) is 11.5 Å². The summed E-state index contributed by atoms with van der Waals surface area (Å²) in [6.07, 6.45) is 9.52. The molecule has 41 heavy (non-hydrogen) atoms. The molecule has 1 aliphatic carbocycles. The Kier molecular flexibility index (Phi) is 7.08. The van der Waals surface area contributed by atoms with Crippen molar-refractivity contribution in [1.29, 1.82) is 0 Å². The van der Waals surface area contributed by atoms with Crippen LogP contribution in [0.15, 0.2) is 102 Å². The minimum absolute atomic E-state index is 0.128. The number of carbonyl (C=O) groups excluding carboxylic acids is 1. The molecule has 5 aromatic rings. The highest BCUT2D eigenvalue weighted by Crippen LogP contribution is 2.33. The number of anilines is 2. The lowest BCUT2D eigenvalue weighted by molar-refractivity contribution is -0.113. The third-order valence-electron chi connectivity index (χ3n) is 7.23. The third-order valence-corrected chi connectivity index (χ3v) is 7.23. The Balaban J connectivity index is 1.33. The van der Waals surface area contributed by atoms with Crippen LogP contribution in [-0.2, 0) is 4.79 Å². The summed E-state index contributed by atoms with van der Waals surface area (Å²) in [5.74, 6) is 2.21. The van der Waals surface area contributed by atoms with Gasteiger partial charge < -0.3 is 15.4 Å². The number of allylic oxidation sites excluding steroid dienone is 1. The molecular formula is C32H30N6O3. The second kappa shape index (κ2) is 11.1. The first-order valence-corrected chi connectivity index (χ1v) is 13.6. The number of fused-ring (bicyclic) bond motifs is 1. The standard InChI is InChI=1S/C32H30N6O3/c1-36(28(39)13-6-5-8-22-14-15-22)24-9-7-10-25(20-24)38-31-29(30(33)34-21-35-31)37(32(38)40)23-16-18-27(19-17-23)41-26-11-3-2-4-12-26/h2-4,6-7,9-13,16-22H,5,8,14-15H2,1H3,(H2,33,34,35)/b13-6+. The summed E-state index contributed by atoms with van der Waals surface area (Å²) in [4.78, 5) is 36.9. The van der Waals surface area contributed by atoms with Crippen molar-refractivity contribution in [2.24, 2.45) is 5.92 Å². The summed E-state index contributed by atoms with van der Waals surface area (Å²) in [5, 5.41) is 0. The number of amides is 1. The van der Waals surface area contributed by atoms with Gasteiger partial charge in [-0.1, -0.05) is 43.2 Å². The van der Waals surface area contributed by atoms with Crippen LogP contribution in [0.5, 0.6) is 11.5 Å². The fourth-order valence-electron chi connectivity index (χ4n) is 4.81. The Bertz CT molecular complexity index is 1790. The number of nitrogen functional groups attached to an aromatic ring is 1. The van der Waals surface area contributed by atoms with Crippen molar-refractivity contribution >= 4 is 28.6 Å². The van der Waals surface area contributed by atoms with Crippen LogP contribution in [0, 0.1) is 5.92 Å². The zero-order valence-electron chi connectivity index (χ0n) is 22.7. The molecule has 0 atom stereocenters. The average Bonchev–Trinajstić information content (AvgIpc) is 3.77. The number of nitrogens with two attached hydrogens (primary N) is 1. The van der Waals surface area contributed by atoms with Gasteiger partial charge in [-0.25, -0.2) is 19.3 Å². The van der Waals surface area contributed by atoms with Crippen molar-refractivity contribution in [2.45, 2.75) is 25.7 Å². The normalized spacial score (nSPS) is 13.1. The topological polar surface area (TPSA) is 108 Å². The van der Waals surface area contributed by atoms with Gasteiger partial charge in [-0.3, -0.25) is 9.36 Å². The number of ether oxygens (including phenoxy) is 1. The van der Waals surface area contributed by atoms with Crippen molar-refractivity contribution in [3.63, 3.8) is 0 Å². The minimum Gasteiger partial charge on any atom is -0.457 e. The first kappa shape index (κ1) is 26.1. The van der Waals surface area contributed by atoms with E-state index in [1.54, 1.807) is 60.5 Å². The molecule has 0 spiro atoms. The van der Waals surface area contributed by atoms with Gasteiger partial charge in [-0.15, -0.1) is 0 Å². The van der Waals surface area contributed by atoms with Crippen molar-refractivity contribution in [2.75, 3.05) is 17.7 Å². The van der Waals surface area contributed by atoms with E-state index in [2.05, 4.69) is 9.97 Å². The second-order valence-corrected chi connectivity index (χ2v) is 10.1. The number of nitrogens with zero attached hydrogens (tertiary/aromatic N) is 5. The molecule has 0 radical (unpaired) electrons. The summed E-state index contributed by atoms with van der Waals surface area (Å²) >= 11 is 0. The van der Waals surface area contributed by atoms with Crippen LogP contribution in [0.2, 0.25) is 0 Å². The highest BCUT2D eigenvalue weighted by Gasteiger charge is 2.21. The Morgan fingerprint density at radius 3 is 2.49 bits per heavy atom. The van der Waals surface area contributed by atoms with E-state index in [1.165, 1.54) is 28.3 Å². The van der Waals surface area contributed by atoms with E-state index < -0.39 is 0 Å². The maximum absolute atomic E-state index is 13.9. The van der Waals surface area contributed by atoms with Gasteiger partial charge in [0.25, 0.3) is 0 Å². The van der Waals surface area contributed by atoms with Gasteiger partial charge >= 0.3 is 5.69 Å². The molecule has 6 rings (SSSR count). The molecule has 0 aliphatic heterocycles. The van der Waals surface area contributed by atoms with Crippen LogP contribution in [0.3, 0.4) is 0 Å². The van der Waals surface area contributed by atoms with E-state index >= 15 is 0 Å². The van der Waals surface area contributed by atoms with Gasteiger partial charge in [-0.05, 0) is 79.4 Å². The van der Waals surface area contributed by atoms with Crippen LogP contribution in [0.25, 0.3) is 22.5 Å². The summed E-state index contributed by atoms with van der Waals surface area (Å²) in [5.41, 5.74) is 8.45. The van der Waals surface area contributed by atoms with Crippen LogP contribution in [-0.4, -0.2) is 32.1 Å². The number of aromatic nitrogens is 4. The largest absolute Gasteiger partial charge is 0.457 e. The Labute approximate surface area is 237 Å². The SMILES string of the molecule is CN(C(=O)/C=C/CCC1CC1)c1cccc(-n2c(=O)n(-c3ccc(Oc4ccccc4)cc3)c3c(N)ncnc32)c1. The zero-order valence-corrected chi connectivity index (χ0v) is 22.7. The van der Waals surface area contributed by atoms with Gasteiger partial charge in [0, 0.05) is 12.7 Å². The molecule has 0 unspecified atom stereocenters. The molecular weight excluding hydrogens is 516 g/mol. The first-order valence-electron chi connectivity index (χ1n) is 13.6. The van der Waals surface area contributed by atoms with Crippen LogP contribution < -0.4 is 21.1 Å². The lowest BCUT2D eigenvalue weighted by Crippen LogP contribution is -2.25. The maximum Gasteiger partial charge on any atom is 0.339 e. The molecule has 1 amide bonds. The van der Waals surface area contributed by atoms with Crippen molar-refractivity contribution < 1.29 is 9.53 Å². The van der Waals surface area contributed by atoms with Gasteiger partial charge in [0.05, 0.1) is 11.4 Å². The number of hydrogen-bond acceptors (Lipinski definition) is 6. The number of carbonyl (C=O) groups is 1. The number of likely N-dealkylation sites (N-methyl/N-ethyl adjacent to an activating group) is 1. The van der Waals surface area contributed by atoms with E-state index in [-0.39, 0.29) is 17.4 Å². The van der Waals surface area contributed by atoms with E-state index in [0.717, 1.165) is 18.8 Å². The number of benzene rings is 3. The summed E-state index contributed by atoms with van der Waals surface area (Å²) in [6, 6.07) is 23.8. The smallest absolute Gasteiger partial charge is 0.339 e. The number of imidazole rings is 1. The monoisotopic (exact) mass is 546 g/mol. The van der Waals surface area contributed by atoms with Crippen molar-refractivity contribution in [3.8, 4) is 22.9 Å². The summed E-state index contributed by atoms with van der Waals surface area (Å²) in [7, 11) is 1.72. The number of para-hydroxylation sites is 1. The van der Waals surface area contributed by atoms with E-state index in [1.807, 2.05) is 42.5 Å². The molecule has 1 aliphatic rings. The van der Waals surface area contributed by atoms with E-state index in [4.69, 9.17) is 10.5 Å². The third kappa shape index (κ3) is 5.47.